The average molecular weight is 212 g/mol. The summed E-state index contributed by atoms with van der Waals surface area (Å²) in [6.45, 7) is 0.440. The van der Waals surface area contributed by atoms with E-state index in [2.05, 4.69) is 15.2 Å². The van der Waals surface area contributed by atoms with Crippen molar-refractivity contribution < 1.29 is 4.79 Å². The molecule has 2 aromatic rings. The molecule has 0 N–H and O–H groups in total. The van der Waals surface area contributed by atoms with Crippen LogP contribution in [-0.2, 0) is 6.54 Å². The molecule has 0 aliphatic carbocycles. The summed E-state index contributed by atoms with van der Waals surface area (Å²) in [5.41, 5.74) is 1.86. The Morgan fingerprint density at radius 3 is 3.00 bits per heavy atom. The molecule has 3 rings (SSSR count). The first kappa shape index (κ1) is 8.96. The quantitative estimate of drug-likeness (QED) is 0.663. The number of aliphatic imine (C=N–C) groups is 1. The topological polar surface area (TPSA) is 60.1 Å². The van der Waals surface area contributed by atoms with Crippen molar-refractivity contribution in [3.63, 3.8) is 0 Å². The van der Waals surface area contributed by atoms with Gasteiger partial charge in [0.25, 0.3) is 0 Å². The SMILES string of the molecule is O=Cc1nnc2n1-c1ccccc1C=NC2. The Kier molecular flexibility index (Phi) is 1.89. The van der Waals surface area contributed by atoms with Crippen LogP contribution < -0.4 is 0 Å². The summed E-state index contributed by atoms with van der Waals surface area (Å²) in [6.07, 6.45) is 2.50. The minimum atomic E-state index is 0.313. The number of aldehydes is 1. The highest BCUT2D eigenvalue weighted by atomic mass is 16.1. The predicted octanol–water partition coefficient (Wildman–Crippen LogP) is 1.01. The second-order valence-corrected chi connectivity index (χ2v) is 3.46. The van der Waals surface area contributed by atoms with Gasteiger partial charge < -0.3 is 0 Å². The van der Waals surface area contributed by atoms with Gasteiger partial charge in [0.2, 0.25) is 5.82 Å². The monoisotopic (exact) mass is 212 g/mol. The molecule has 0 saturated carbocycles. The number of rotatable bonds is 1. The van der Waals surface area contributed by atoms with Crippen molar-refractivity contribution in [1.29, 1.82) is 0 Å². The Morgan fingerprint density at radius 1 is 1.25 bits per heavy atom. The highest BCUT2D eigenvalue weighted by Crippen LogP contribution is 2.19. The lowest BCUT2D eigenvalue weighted by Crippen LogP contribution is -2.05. The second kappa shape index (κ2) is 3.37. The summed E-state index contributed by atoms with van der Waals surface area (Å²) >= 11 is 0. The molecule has 0 unspecified atom stereocenters. The van der Waals surface area contributed by atoms with Crippen molar-refractivity contribution in [3.05, 3.63) is 41.5 Å². The molecule has 2 heterocycles. The molecule has 0 saturated heterocycles. The molecule has 0 fully saturated rings. The van der Waals surface area contributed by atoms with Crippen molar-refractivity contribution >= 4 is 12.5 Å². The summed E-state index contributed by atoms with van der Waals surface area (Å²) < 4.78 is 1.75. The van der Waals surface area contributed by atoms with Gasteiger partial charge in [-0.05, 0) is 6.07 Å². The highest BCUT2D eigenvalue weighted by molar-refractivity contribution is 5.86. The number of aromatic nitrogens is 3. The summed E-state index contributed by atoms with van der Waals surface area (Å²) in [7, 11) is 0. The lowest BCUT2D eigenvalue weighted by atomic mass is 10.2. The van der Waals surface area contributed by atoms with Crippen LogP contribution in [0.15, 0.2) is 29.3 Å². The van der Waals surface area contributed by atoms with Crippen molar-refractivity contribution in [2.75, 3.05) is 0 Å². The smallest absolute Gasteiger partial charge is 0.201 e. The Bertz CT molecular complexity index is 585. The minimum absolute atomic E-state index is 0.313. The number of benzene rings is 1. The Morgan fingerprint density at radius 2 is 2.12 bits per heavy atom. The molecule has 1 aromatic heterocycles. The third-order valence-electron chi connectivity index (χ3n) is 2.50. The van der Waals surface area contributed by atoms with Gasteiger partial charge in [-0.25, -0.2) is 0 Å². The fourth-order valence-corrected chi connectivity index (χ4v) is 1.80. The van der Waals surface area contributed by atoms with Gasteiger partial charge in [-0.1, -0.05) is 18.2 Å². The summed E-state index contributed by atoms with van der Waals surface area (Å²) in [6, 6.07) is 7.71. The summed E-state index contributed by atoms with van der Waals surface area (Å²) in [5, 5.41) is 7.78. The van der Waals surface area contributed by atoms with Gasteiger partial charge in [-0.15, -0.1) is 10.2 Å². The van der Waals surface area contributed by atoms with Gasteiger partial charge in [-0.3, -0.25) is 14.4 Å². The van der Waals surface area contributed by atoms with E-state index in [1.165, 1.54) is 0 Å². The minimum Gasteiger partial charge on any atom is -0.294 e. The molecule has 1 aliphatic heterocycles. The molecular weight excluding hydrogens is 204 g/mol. The van der Waals surface area contributed by atoms with Crippen molar-refractivity contribution in [2.24, 2.45) is 4.99 Å². The van der Waals surface area contributed by atoms with Gasteiger partial charge in [-0.2, -0.15) is 0 Å². The van der Waals surface area contributed by atoms with Crippen LogP contribution in [0.2, 0.25) is 0 Å². The maximum Gasteiger partial charge on any atom is 0.201 e. The molecule has 5 heteroatoms. The number of nitrogens with zero attached hydrogens (tertiary/aromatic N) is 4. The third-order valence-corrected chi connectivity index (χ3v) is 2.50. The van der Waals surface area contributed by atoms with E-state index in [0.717, 1.165) is 11.3 Å². The summed E-state index contributed by atoms with van der Waals surface area (Å²) in [5.74, 6) is 0.997. The van der Waals surface area contributed by atoms with E-state index < -0.39 is 0 Å². The van der Waals surface area contributed by atoms with Gasteiger partial charge in [0.1, 0.15) is 0 Å². The molecule has 0 radical (unpaired) electrons. The normalized spacial score (nSPS) is 12.8. The van der Waals surface area contributed by atoms with Crippen LogP contribution in [0.25, 0.3) is 5.69 Å². The molecule has 0 spiro atoms. The zero-order valence-corrected chi connectivity index (χ0v) is 8.37. The fourth-order valence-electron chi connectivity index (χ4n) is 1.80. The van der Waals surface area contributed by atoms with E-state index in [9.17, 15) is 4.79 Å². The molecule has 0 bridgehead atoms. The third kappa shape index (κ3) is 1.18. The van der Waals surface area contributed by atoms with Crippen molar-refractivity contribution in [3.8, 4) is 5.69 Å². The standard InChI is InChI=1S/C11H8N4O/c16-7-11-14-13-10-6-12-5-8-3-1-2-4-9(8)15(10)11/h1-5,7H,6H2. The van der Waals surface area contributed by atoms with Gasteiger partial charge >= 0.3 is 0 Å². The van der Waals surface area contributed by atoms with Crippen LogP contribution in [0.5, 0.6) is 0 Å². The zero-order valence-electron chi connectivity index (χ0n) is 8.37. The van der Waals surface area contributed by atoms with Crippen LogP contribution in [0.1, 0.15) is 22.0 Å². The second-order valence-electron chi connectivity index (χ2n) is 3.46. The Labute approximate surface area is 91.5 Å². The van der Waals surface area contributed by atoms with E-state index >= 15 is 0 Å². The lowest BCUT2D eigenvalue weighted by molar-refractivity contribution is 0.111. The number of hydrogen-bond acceptors (Lipinski definition) is 4. The average Bonchev–Trinajstić information content (AvgIpc) is 2.64. The number of hydrogen-bond donors (Lipinski definition) is 0. The van der Waals surface area contributed by atoms with Crippen LogP contribution in [0, 0.1) is 0 Å². The van der Waals surface area contributed by atoms with Crippen LogP contribution in [0.4, 0.5) is 0 Å². The van der Waals surface area contributed by atoms with Gasteiger partial charge in [0.05, 0.1) is 12.2 Å². The Balaban J connectivity index is 2.35. The molecular formula is C11H8N4O. The molecule has 78 valence electrons. The molecule has 5 nitrogen and oxygen atoms in total. The molecule has 1 aromatic carbocycles. The van der Waals surface area contributed by atoms with Crippen molar-refractivity contribution in [2.45, 2.75) is 6.54 Å². The highest BCUT2D eigenvalue weighted by Gasteiger charge is 2.16. The van der Waals surface area contributed by atoms with Crippen LogP contribution in [0.3, 0.4) is 0 Å². The number of carbonyl (C=O) groups is 1. The fraction of sp³-hybridized carbons (Fsp3) is 0.0909. The Hall–Kier alpha value is -2.30. The summed E-state index contributed by atoms with van der Waals surface area (Å²) in [4.78, 5) is 15.1. The van der Waals surface area contributed by atoms with E-state index in [1.807, 2.05) is 24.3 Å². The van der Waals surface area contributed by atoms with E-state index in [-0.39, 0.29) is 0 Å². The van der Waals surface area contributed by atoms with E-state index in [4.69, 9.17) is 0 Å². The van der Waals surface area contributed by atoms with E-state index in [0.29, 0.717) is 24.5 Å². The van der Waals surface area contributed by atoms with Crippen LogP contribution >= 0.6 is 0 Å². The molecule has 16 heavy (non-hydrogen) atoms. The number of fused-ring (bicyclic) bond motifs is 3. The molecule has 1 aliphatic rings. The predicted molar refractivity (Wildman–Crippen MR) is 58.0 cm³/mol. The first-order chi connectivity index (χ1) is 7.90. The van der Waals surface area contributed by atoms with E-state index in [1.54, 1.807) is 10.8 Å². The van der Waals surface area contributed by atoms with Gasteiger partial charge in [0.15, 0.2) is 12.1 Å². The maximum atomic E-state index is 10.9. The first-order valence-corrected chi connectivity index (χ1v) is 4.89. The number of para-hydroxylation sites is 1. The maximum absolute atomic E-state index is 10.9. The zero-order chi connectivity index (χ0) is 11.0. The van der Waals surface area contributed by atoms with Crippen LogP contribution in [-0.4, -0.2) is 27.3 Å². The molecule has 0 atom stereocenters. The van der Waals surface area contributed by atoms with Gasteiger partial charge in [0, 0.05) is 11.8 Å². The number of carbonyl (C=O) groups excluding carboxylic acids is 1. The largest absolute Gasteiger partial charge is 0.294 e. The lowest BCUT2D eigenvalue weighted by Gasteiger charge is -2.07. The van der Waals surface area contributed by atoms with Crippen molar-refractivity contribution in [1.82, 2.24) is 14.8 Å². The first-order valence-electron chi connectivity index (χ1n) is 4.89. The molecule has 0 amide bonds.